The Kier molecular flexibility index (Phi) is 6.24. The summed E-state index contributed by atoms with van der Waals surface area (Å²) in [7, 11) is 3.11. The molecule has 0 amide bonds. The minimum atomic E-state index is -0.946. The van der Waals surface area contributed by atoms with E-state index < -0.39 is 5.97 Å². The van der Waals surface area contributed by atoms with E-state index >= 15 is 0 Å². The highest BCUT2D eigenvalue weighted by atomic mass is 16.5. The predicted octanol–water partition coefficient (Wildman–Crippen LogP) is 4.85. The molecule has 4 rings (SSSR count). The van der Waals surface area contributed by atoms with Crippen molar-refractivity contribution >= 4 is 17.0 Å². The van der Waals surface area contributed by atoms with Crippen LogP contribution in [0.5, 0.6) is 11.8 Å². The number of hydrogen-bond donors (Lipinski definition) is 1. The molecule has 0 saturated carbocycles. The average molecular weight is 461 g/mol. The van der Waals surface area contributed by atoms with Crippen LogP contribution in [0.3, 0.4) is 0 Å². The quantitative estimate of drug-likeness (QED) is 0.421. The van der Waals surface area contributed by atoms with Crippen LogP contribution in [0.15, 0.2) is 48.5 Å². The van der Waals surface area contributed by atoms with Gasteiger partial charge in [0.15, 0.2) is 5.52 Å². The summed E-state index contributed by atoms with van der Waals surface area (Å²) in [6, 6.07) is 14.9. The van der Waals surface area contributed by atoms with Crippen LogP contribution < -0.4 is 9.47 Å². The number of fused-ring (bicyclic) bond motifs is 1. The van der Waals surface area contributed by atoms with Gasteiger partial charge in [-0.15, -0.1) is 10.2 Å². The number of rotatable bonds is 7. The van der Waals surface area contributed by atoms with E-state index in [1.165, 1.54) is 0 Å². The summed E-state index contributed by atoms with van der Waals surface area (Å²) in [5, 5.41) is 17.8. The van der Waals surface area contributed by atoms with Gasteiger partial charge < -0.3 is 19.1 Å². The fourth-order valence-electron chi connectivity index (χ4n) is 4.00. The average Bonchev–Trinajstić information content (AvgIpc) is 3.15. The molecule has 2 aromatic carbocycles. The molecule has 0 aliphatic carbocycles. The zero-order chi connectivity index (χ0) is 24.5. The number of aromatic carboxylic acids is 1. The van der Waals surface area contributed by atoms with Gasteiger partial charge in [0, 0.05) is 13.0 Å². The Morgan fingerprint density at radius 1 is 0.971 bits per heavy atom. The second-order valence-corrected chi connectivity index (χ2v) is 9.32. The lowest BCUT2D eigenvalue weighted by Crippen LogP contribution is -2.15. The molecule has 4 aromatic rings. The third kappa shape index (κ3) is 4.57. The van der Waals surface area contributed by atoms with Gasteiger partial charge in [-0.2, -0.15) is 0 Å². The molecule has 34 heavy (non-hydrogen) atoms. The second-order valence-electron chi connectivity index (χ2n) is 9.32. The van der Waals surface area contributed by atoms with Crippen molar-refractivity contribution in [2.24, 2.45) is 5.41 Å². The number of carboxylic acids is 1. The number of methoxy groups -OCH3 is 2. The normalized spacial score (nSPS) is 11.6. The number of benzene rings is 2. The van der Waals surface area contributed by atoms with Gasteiger partial charge in [0.2, 0.25) is 0 Å². The molecule has 0 aliphatic rings. The minimum Gasteiger partial charge on any atom is -0.478 e. The first-order valence-corrected chi connectivity index (χ1v) is 11.0. The van der Waals surface area contributed by atoms with E-state index in [9.17, 15) is 9.90 Å². The fourth-order valence-corrected chi connectivity index (χ4v) is 4.00. The van der Waals surface area contributed by atoms with E-state index in [1.54, 1.807) is 26.4 Å². The molecule has 0 unspecified atom stereocenters. The Bertz CT molecular complexity index is 1340. The molecular weight excluding hydrogens is 432 g/mol. The summed E-state index contributed by atoms with van der Waals surface area (Å²) in [6.45, 7) is 7.02. The van der Waals surface area contributed by atoms with Gasteiger partial charge in [-0.1, -0.05) is 63.2 Å². The third-order valence-electron chi connectivity index (χ3n) is 5.52. The van der Waals surface area contributed by atoms with Crippen LogP contribution in [0, 0.1) is 5.41 Å². The van der Waals surface area contributed by atoms with Crippen molar-refractivity contribution < 1.29 is 19.4 Å². The molecule has 0 aliphatic heterocycles. The Morgan fingerprint density at radius 2 is 1.62 bits per heavy atom. The molecule has 2 aromatic heterocycles. The van der Waals surface area contributed by atoms with Gasteiger partial charge in [-0.25, -0.2) is 9.78 Å². The summed E-state index contributed by atoms with van der Waals surface area (Å²) in [5.74, 6) is 0.675. The van der Waals surface area contributed by atoms with Gasteiger partial charge in [-0.05, 0) is 28.2 Å². The fraction of sp³-hybridized carbons (Fsp3) is 0.308. The first kappa shape index (κ1) is 23.2. The van der Waals surface area contributed by atoms with Crippen LogP contribution in [-0.4, -0.2) is 45.0 Å². The maximum Gasteiger partial charge on any atom is 0.336 e. The van der Waals surface area contributed by atoms with E-state index in [1.807, 2.05) is 36.4 Å². The van der Waals surface area contributed by atoms with E-state index in [2.05, 4.69) is 35.5 Å². The van der Waals surface area contributed by atoms with E-state index in [0.717, 1.165) is 28.9 Å². The summed E-state index contributed by atoms with van der Waals surface area (Å²) in [4.78, 5) is 16.5. The number of carboxylic acid groups (broad SMARTS) is 1. The van der Waals surface area contributed by atoms with Gasteiger partial charge in [0.1, 0.15) is 11.3 Å². The SMILES string of the molecule is COc1nnc(OC)c2c1nc(CC(C)(C)C)n2Cc1ccc(-c2ccccc2C(=O)O)cc1. The first-order valence-electron chi connectivity index (χ1n) is 11.0. The molecule has 1 N–H and O–H groups in total. The molecule has 8 nitrogen and oxygen atoms in total. The van der Waals surface area contributed by atoms with Crippen molar-refractivity contribution in [2.75, 3.05) is 14.2 Å². The number of nitrogens with zero attached hydrogens (tertiary/aromatic N) is 4. The molecule has 8 heteroatoms. The highest BCUT2D eigenvalue weighted by molar-refractivity contribution is 5.96. The highest BCUT2D eigenvalue weighted by Gasteiger charge is 2.24. The third-order valence-corrected chi connectivity index (χ3v) is 5.52. The van der Waals surface area contributed by atoms with Gasteiger partial charge in [0.05, 0.1) is 19.8 Å². The molecule has 2 heterocycles. The van der Waals surface area contributed by atoms with Crippen molar-refractivity contribution in [3.05, 3.63) is 65.5 Å². The Morgan fingerprint density at radius 3 is 2.24 bits per heavy atom. The number of imidazole rings is 1. The Balaban J connectivity index is 1.78. The van der Waals surface area contributed by atoms with Crippen molar-refractivity contribution in [1.29, 1.82) is 0 Å². The lowest BCUT2D eigenvalue weighted by Gasteiger charge is -2.19. The standard InChI is InChI=1S/C26H28N4O4/c1-26(2,3)14-20-27-21-22(24(34-5)29-28-23(21)33-4)30(20)15-16-10-12-17(13-11-16)18-8-6-7-9-19(18)25(31)32/h6-13H,14-15H2,1-5H3,(H,31,32). The number of hydrogen-bond acceptors (Lipinski definition) is 6. The maximum absolute atomic E-state index is 11.6. The van der Waals surface area contributed by atoms with E-state index in [-0.39, 0.29) is 11.0 Å². The molecule has 0 saturated heterocycles. The zero-order valence-electron chi connectivity index (χ0n) is 20.0. The van der Waals surface area contributed by atoms with Crippen LogP contribution >= 0.6 is 0 Å². The van der Waals surface area contributed by atoms with Crippen molar-refractivity contribution in [3.63, 3.8) is 0 Å². The molecule has 0 radical (unpaired) electrons. The molecule has 0 atom stereocenters. The predicted molar refractivity (Wildman–Crippen MR) is 130 cm³/mol. The van der Waals surface area contributed by atoms with E-state index in [0.29, 0.717) is 29.4 Å². The summed E-state index contributed by atoms with van der Waals surface area (Å²) >= 11 is 0. The van der Waals surface area contributed by atoms with Gasteiger partial charge in [0.25, 0.3) is 11.8 Å². The molecule has 0 bridgehead atoms. The number of carbonyl (C=O) groups is 1. The van der Waals surface area contributed by atoms with Crippen LogP contribution in [0.25, 0.3) is 22.2 Å². The van der Waals surface area contributed by atoms with E-state index in [4.69, 9.17) is 14.5 Å². The molecule has 0 spiro atoms. The molecular formula is C26H28N4O4. The monoisotopic (exact) mass is 460 g/mol. The van der Waals surface area contributed by atoms with Crippen molar-refractivity contribution in [3.8, 4) is 22.9 Å². The van der Waals surface area contributed by atoms with Crippen LogP contribution in [0.2, 0.25) is 0 Å². The lowest BCUT2D eigenvalue weighted by molar-refractivity contribution is 0.0697. The zero-order valence-corrected chi connectivity index (χ0v) is 20.0. The smallest absolute Gasteiger partial charge is 0.336 e. The largest absolute Gasteiger partial charge is 0.478 e. The van der Waals surface area contributed by atoms with Crippen molar-refractivity contribution in [1.82, 2.24) is 19.7 Å². The highest BCUT2D eigenvalue weighted by Crippen LogP contribution is 2.33. The second kappa shape index (κ2) is 9.13. The first-order chi connectivity index (χ1) is 16.2. The maximum atomic E-state index is 11.6. The topological polar surface area (TPSA) is 99.4 Å². The summed E-state index contributed by atoms with van der Waals surface area (Å²) < 4.78 is 13.0. The van der Waals surface area contributed by atoms with Crippen LogP contribution in [-0.2, 0) is 13.0 Å². The summed E-state index contributed by atoms with van der Waals surface area (Å²) in [6.07, 6.45) is 0.734. The Labute approximate surface area is 198 Å². The van der Waals surface area contributed by atoms with Gasteiger partial charge >= 0.3 is 5.97 Å². The molecule has 176 valence electrons. The van der Waals surface area contributed by atoms with Crippen LogP contribution in [0.4, 0.5) is 0 Å². The van der Waals surface area contributed by atoms with Crippen molar-refractivity contribution in [2.45, 2.75) is 33.7 Å². The lowest BCUT2D eigenvalue weighted by atomic mass is 9.92. The van der Waals surface area contributed by atoms with Crippen LogP contribution in [0.1, 0.15) is 42.5 Å². The Hall–Kier alpha value is -3.94. The summed E-state index contributed by atoms with van der Waals surface area (Å²) in [5.41, 5.74) is 4.18. The number of aromatic nitrogens is 4. The molecule has 0 fully saturated rings. The van der Waals surface area contributed by atoms with Gasteiger partial charge in [-0.3, -0.25) is 0 Å². The minimum absolute atomic E-state index is 0.00481. The number of ether oxygens (including phenoxy) is 2.